The molecule has 1 aromatic carbocycles. The van der Waals surface area contributed by atoms with Crippen molar-refractivity contribution in [2.75, 3.05) is 0 Å². The Morgan fingerprint density at radius 2 is 1.79 bits per heavy atom. The summed E-state index contributed by atoms with van der Waals surface area (Å²) < 4.78 is 4.93. The predicted molar refractivity (Wildman–Crippen MR) is 74.1 cm³/mol. The first-order chi connectivity index (χ1) is 8.95. The Morgan fingerprint density at radius 1 is 1.11 bits per heavy atom. The van der Waals surface area contributed by atoms with E-state index < -0.39 is 0 Å². The fourth-order valence-corrected chi connectivity index (χ4v) is 1.94. The smallest absolute Gasteiger partial charge is 0.144 e. The third kappa shape index (κ3) is 3.78. The Kier molecular flexibility index (Phi) is 3.84. The Balaban J connectivity index is 1.98. The minimum Gasteiger partial charge on any atom is -0.361 e. The summed E-state index contributed by atoms with van der Waals surface area (Å²) in [4.78, 5) is 11.9. The van der Waals surface area contributed by atoms with Gasteiger partial charge in [0.05, 0.1) is 12.6 Å². The summed E-state index contributed by atoms with van der Waals surface area (Å²) in [6.07, 6.45) is 2.30. The van der Waals surface area contributed by atoms with Crippen LogP contribution in [0.25, 0.3) is 0 Å². The lowest BCUT2D eigenvalue weighted by Crippen LogP contribution is -2.11. The van der Waals surface area contributed by atoms with Crippen LogP contribution in [0.4, 0.5) is 0 Å². The lowest BCUT2D eigenvalue weighted by atomic mass is 9.86. The minimum atomic E-state index is 0.139. The molecule has 0 saturated heterocycles. The van der Waals surface area contributed by atoms with Gasteiger partial charge < -0.3 is 4.52 Å². The van der Waals surface area contributed by atoms with Crippen LogP contribution in [0.15, 0.2) is 41.1 Å². The Bertz CT molecular complexity index is 533. The first kappa shape index (κ1) is 13.5. The largest absolute Gasteiger partial charge is 0.361 e. The minimum absolute atomic E-state index is 0.139. The molecule has 0 N–H and O–H groups in total. The highest BCUT2D eigenvalue weighted by Gasteiger charge is 2.13. The van der Waals surface area contributed by atoms with Gasteiger partial charge in [0.15, 0.2) is 0 Å². The van der Waals surface area contributed by atoms with Crippen LogP contribution >= 0.6 is 0 Å². The van der Waals surface area contributed by atoms with Crippen LogP contribution in [-0.2, 0) is 23.1 Å². The molecule has 3 nitrogen and oxygen atoms in total. The first-order valence-corrected chi connectivity index (χ1v) is 6.46. The molecule has 0 bridgehead atoms. The molecular formula is C16H19NO2. The number of ketones is 1. The number of carbonyl (C=O) groups excluding carboxylic acids is 1. The van der Waals surface area contributed by atoms with Crippen molar-refractivity contribution in [2.24, 2.45) is 0 Å². The molecule has 3 heteroatoms. The van der Waals surface area contributed by atoms with Crippen LogP contribution < -0.4 is 0 Å². The quantitative estimate of drug-likeness (QED) is 0.843. The maximum absolute atomic E-state index is 11.9. The van der Waals surface area contributed by atoms with Gasteiger partial charge in [0, 0.05) is 12.5 Å². The highest BCUT2D eigenvalue weighted by atomic mass is 16.5. The second kappa shape index (κ2) is 5.39. The van der Waals surface area contributed by atoms with E-state index in [0.717, 1.165) is 5.56 Å². The van der Waals surface area contributed by atoms with Crippen molar-refractivity contribution in [3.8, 4) is 0 Å². The molecule has 0 aliphatic carbocycles. The van der Waals surface area contributed by atoms with E-state index in [1.54, 1.807) is 12.3 Å². The Morgan fingerprint density at radius 3 is 2.32 bits per heavy atom. The molecule has 0 aliphatic heterocycles. The van der Waals surface area contributed by atoms with E-state index in [2.05, 4.69) is 38.1 Å². The lowest BCUT2D eigenvalue weighted by Gasteiger charge is -2.19. The maximum Gasteiger partial charge on any atom is 0.144 e. The average molecular weight is 257 g/mol. The predicted octanol–water partition coefficient (Wildman–Crippen LogP) is 3.33. The maximum atomic E-state index is 11.9. The fraction of sp³-hybridized carbons (Fsp3) is 0.375. The summed E-state index contributed by atoms with van der Waals surface area (Å²) in [6.45, 7) is 6.53. The normalized spacial score (nSPS) is 11.5. The average Bonchev–Trinajstić information content (AvgIpc) is 2.81. The third-order valence-electron chi connectivity index (χ3n) is 3.08. The van der Waals surface area contributed by atoms with Gasteiger partial charge in [0.25, 0.3) is 0 Å². The van der Waals surface area contributed by atoms with Gasteiger partial charge in [-0.2, -0.15) is 0 Å². The molecule has 0 saturated carbocycles. The molecular weight excluding hydrogens is 238 g/mol. The summed E-state index contributed by atoms with van der Waals surface area (Å²) >= 11 is 0. The molecule has 0 spiro atoms. The zero-order chi connectivity index (χ0) is 13.9. The van der Waals surface area contributed by atoms with E-state index in [1.807, 2.05) is 12.1 Å². The topological polar surface area (TPSA) is 43.1 Å². The van der Waals surface area contributed by atoms with E-state index in [1.165, 1.54) is 5.56 Å². The zero-order valence-electron chi connectivity index (χ0n) is 11.6. The number of rotatable bonds is 4. The molecule has 0 atom stereocenters. The van der Waals surface area contributed by atoms with Gasteiger partial charge in [-0.1, -0.05) is 50.2 Å². The summed E-state index contributed by atoms with van der Waals surface area (Å²) in [5.41, 5.74) is 2.46. The number of hydrogen-bond donors (Lipinski definition) is 0. The molecule has 1 aromatic heterocycles. The number of aromatic nitrogens is 1. The summed E-state index contributed by atoms with van der Waals surface area (Å²) in [5.74, 6) is 0.761. The van der Waals surface area contributed by atoms with Crippen molar-refractivity contribution in [2.45, 2.75) is 39.0 Å². The number of Topliss-reactive ketones (excluding diaryl/α,β-unsaturated/α-hetero) is 1. The molecule has 1 heterocycles. The Labute approximate surface area is 113 Å². The van der Waals surface area contributed by atoms with E-state index in [4.69, 9.17) is 4.52 Å². The van der Waals surface area contributed by atoms with Gasteiger partial charge in [-0.05, 0) is 16.5 Å². The van der Waals surface area contributed by atoms with Crippen molar-refractivity contribution in [1.82, 2.24) is 5.16 Å². The summed E-state index contributed by atoms with van der Waals surface area (Å²) in [5, 5.41) is 3.59. The summed E-state index contributed by atoms with van der Waals surface area (Å²) in [7, 11) is 0. The first-order valence-electron chi connectivity index (χ1n) is 6.46. The lowest BCUT2D eigenvalue weighted by molar-refractivity contribution is -0.118. The Hall–Kier alpha value is -1.90. The molecule has 19 heavy (non-hydrogen) atoms. The SMILES string of the molecule is CC(C)(C)c1ccc(CC(=O)Cc2ccno2)cc1. The van der Waals surface area contributed by atoms with Crippen molar-refractivity contribution in [1.29, 1.82) is 0 Å². The highest BCUT2D eigenvalue weighted by Crippen LogP contribution is 2.22. The molecule has 2 aromatic rings. The highest BCUT2D eigenvalue weighted by molar-refractivity contribution is 5.82. The van der Waals surface area contributed by atoms with Gasteiger partial charge in [0.2, 0.25) is 0 Å². The molecule has 0 aliphatic rings. The molecule has 100 valence electrons. The van der Waals surface area contributed by atoms with Crippen molar-refractivity contribution < 1.29 is 9.32 Å². The third-order valence-corrected chi connectivity index (χ3v) is 3.08. The van der Waals surface area contributed by atoms with Crippen LogP contribution in [0.5, 0.6) is 0 Å². The van der Waals surface area contributed by atoms with Gasteiger partial charge >= 0.3 is 0 Å². The van der Waals surface area contributed by atoms with Crippen LogP contribution in [0.3, 0.4) is 0 Å². The van der Waals surface area contributed by atoms with Gasteiger partial charge in [-0.15, -0.1) is 0 Å². The van der Waals surface area contributed by atoms with Gasteiger partial charge in [0.1, 0.15) is 11.5 Å². The number of carbonyl (C=O) groups is 1. The molecule has 0 amide bonds. The van der Waals surface area contributed by atoms with E-state index >= 15 is 0 Å². The van der Waals surface area contributed by atoms with E-state index in [0.29, 0.717) is 18.6 Å². The standard InChI is InChI=1S/C16H19NO2/c1-16(2,3)13-6-4-12(5-7-13)10-14(18)11-15-8-9-17-19-15/h4-9H,10-11H2,1-3H3. The molecule has 0 unspecified atom stereocenters. The monoisotopic (exact) mass is 257 g/mol. The molecule has 0 fully saturated rings. The number of hydrogen-bond acceptors (Lipinski definition) is 3. The molecule has 0 radical (unpaired) electrons. The van der Waals surface area contributed by atoms with E-state index in [-0.39, 0.29) is 11.2 Å². The molecule has 2 rings (SSSR count). The fourth-order valence-electron chi connectivity index (χ4n) is 1.94. The van der Waals surface area contributed by atoms with Gasteiger partial charge in [-0.3, -0.25) is 4.79 Å². The van der Waals surface area contributed by atoms with Crippen LogP contribution in [-0.4, -0.2) is 10.9 Å². The number of nitrogens with zero attached hydrogens (tertiary/aromatic N) is 1. The number of benzene rings is 1. The van der Waals surface area contributed by atoms with Crippen LogP contribution in [0.2, 0.25) is 0 Å². The second-order valence-electron chi connectivity index (χ2n) is 5.82. The second-order valence-corrected chi connectivity index (χ2v) is 5.82. The summed E-state index contributed by atoms with van der Waals surface area (Å²) in [6, 6.07) is 9.96. The zero-order valence-corrected chi connectivity index (χ0v) is 11.6. The van der Waals surface area contributed by atoms with Crippen molar-refractivity contribution >= 4 is 5.78 Å². The van der Waals surface area contributed by atoms with Crippen LogP contribution in [0.1, 0.15) is 37.7 Å². The van der Waals surface area contributed by atoms with Crippen molar-refractivity contribution in [3.63, 3.8) is 0 Å². The van der Waals surface area contributed by atoms with Gasteiger partial charge in [-0.25, -0.2) is 0 Å². The van der Waals surface area contributed by atoms with E-state index in [9.17, 15) is 4.79 Å². The van der Waals surface area contributed by atoms with Crippen molar-refractivity contribution in [3.05, 3.63) is 53.4 Å². The van der Waals surface area contributed by atoms with Crippen LogP contribution in [0, 0.1) is 0 Å².